The molecule has 0 radical (unpaired) electrons. The number of nitriles is 1. The fraction of sp³-hybridized carbons (Fsp3) is 0.133. The molecule has 0 saturated heterocycles. The first kappa shape index (κ1) is 12.0. The first-order valence-electron chi connectivity index (χ1n) is 5.71. The normalized spacial score (nSPS) is 9.72. The van der Waals surface area contributed by atoms with Crippen LogP contribution in [0.2, 0.25) is 0 Å². The Kier molecular flexibility index (Phi) is 3.83. The molecule has 0 heterocycles. The molecule has 0 amide bonds. The van der Waals surface area contributed by atoms with Gasteiger partial charge in [0.05, 0.1) is 12.5 Å². The maximum Gasteiger partial charge on any atom is 0.119 e. The third kappa shape index (κ3) is 3.26. The number of ether oxygens (including phenoxy) is 1. The van der Waals surface area contributed by atoms with Crippen molar-refractivity contribution in [3.05, 3.63) is 59.7 Å². The molecule has 0 aromatic heterocycles. The van der Waals surface area contributed by atoms with Crippen molar-refractivity contribution in [3.63, 3.8) is 0 Å². The SMILES string of the molecule is N#CCc1ccc(OCc2cccc(N)c2)cc1. The lowest BCUT2D eigenvalue weighted by Crippen LogP contribution is -1.96. The highest BCUT2D eigenvalue weighted by Crippen LogP contribution is 2.15. The number of hydrogen-bond acceptors (Lipinski definition) is 3. The lowest BCUT2D eigenvalue weighted by Gasteiger charge is -2.07. The van der Waals surface area contributed by atoms with Gasteiger partial charge in [0.15, 0.2) is 0 Å². The maximum atomic E-state index is 8.57. The molecule has 90 valence electrons. The van der Waals surface area contributed by atoms with Gasteiger partial charge in [0.2, 0.25) is 0 Å². The predicted molar refractivity (Wildman–Crippen MR) is 70.9 cm³/mol. The van der Waals surface area contributed by atoms with Gasteiger partial charge in [-0.05, 0) is 35.4 Å². The lowest BCUT2D eigenvalue weighted by molar-refractivity contribution is 0.306. The Morgan fingerprint density at radius 1 is 1.06 bits per heavy atom. The molecule has 0 aliphatic heterocycles. The van der Waals surface area contributed by atoms with Crippen molar-refractivity contribution >= 4 is 5.69 Å². The van der Waals surface area contributed by atoms with Gasteiger partial charge >= 0.3 is 0 Å². The Bertz CT molecular complexity index is 555. The number of hydrogen-bond donors (Lipinski definition) is 1. The van der Waals surface area contributed by atoms with Gasteiger partial charge in [0.25, 0.3) is 0 Å². The van der Waals surface area contributed by atoms with Crippen LogP contribution in [0.25, 0.3) is 0 Å². The number of nitrogens with two attached hydrogens (primary N) is 1. The van der Waals surface area contributed by atoms with Crippen LogP contribution in [-0.2, 0) is 13.0 Å². The molecule has 2 aromatic rings. The second kappa shape index (κ2) is 5.74. The molecule has 2 aromatic carbocycles. The molecule has 0 aliphatic rings. The lowest BCUT2D eigenvalue weighted by atomic mass is 10.1. The molecule has 0 bridgehead atoms. The zero-order chi connectivity index (χ0) is 12.8. The van der Waals surface area contributed by atoms with Crippen LogP contribution >= 0.6 is 0 Å². The molecular formula is C15H14N2O. The van der Waals surface area contributed by atoms with Gasteiger partial charge < -0.3 is 10.5 Å². The van der Waals surface area contributed by atoms with Crippen LogP contribution in [0.5, 0.6) is 5.75 Å². The third-order valence-corrected chi connectivity index (χ3v) is 2.56. The molecule has 0 spiro atoms. The Labute approximate surface area is 106 Å². The number of anilines is 1. The van der Waals surface area contributed by atoms with Crippen LogP contribution in [0, 0.1) is 11.3 Å². The number of benzene rings is 2. The summed E-state index contributed by atoms with van der Waals surface area (Å²) in [7, 11) is 0. The van der Waals surface area contributed by atoms with E-state index in [1.165, 1.54) is 0 Å². The van der Waals surface area contributed by atoms with E-state index >= 15 is 0 Å². The molecule has 2 rings (SSSR count). The first-order chi connectivity index (χ1) is 8.78. The predicted octanol–water partition coefficient (Wildman–Crippen LogP) is 2.91. The highest BCUT2D eigenvalue weighted by atomic mass is 16.5. The molecule has 0 fully saturated rings. The van der Waals surface area contributed by atoms with Crippen LogP contribution in [0.3, 0.4) is 0 Å². The van der Waals surface area contributed by atoms with Crippen molar-refractivity contribution in [2.45, 2.75) is 13.0 Å². The van der Waals surface area contributed by atoms with Crippen molar-refractivity contribution in [3.8, 4) is 11.8 Å². The highest BCUT2D eigenvalue weighted by molar-refractivity contribution is 5.40. The topological polar surface area (TPSA) is 59.0 Å². The average Bonchev–Trinajstić information content (AvgIpc) is 2.38. The standard InChI is InChI=1S/C15H14N2O/c16-9-8-12-4-6-15(7-5-12)18-11-13-2-1-3-14(17)10-13/h1-7,10H,8,11,17H2. The van der Waals surface area contributed by atoms with E-state index in [9.17, 15) is 0 Å². The Balaban J connectivity index is 1.96. The highest BCUT2D eigenvalue weighted by Gasteiger charge is 1.97. The zero-order valence-electron chi connectivity index (χ0n) is 9.97. The fourth-order valence-corrected chi connectivity index (χ4v) is 1.64. The second-order valence-corrected chi connectivity index (χ2v) is 4.01. The van der Waals surface area contributed by atoms with E-state index in [1.807, 2.05) is 48.5 Å². The van der Waals surface area contributed by atoms with Crippen LogP contribution in [0.4, 0.5) is 5.69 Å². The zero-order valence-corrected chi connectivity index (χ0v) is 9.97. The Morgan fingerprint density at radius 2 is 1.83 bits per heavy atom. The van der Waals surface area contributed by atoms with Gasteiger partial charge in [-0.2, -0.15) is 5.26 Å². The number of rotatable bonds is 4. The minimum atomic E-state index is 0.426. The minimum Gasteiger partial charge on any atom is -0.489 e. The smallest absolute Gasteiger partial charge is 0.119 e. The summed E-state index contributed by atoms with van der Waals surface area (Å²) in [5.41, 5.74) is 8.46. The van der Waals surface area contributed by atoms with Gasteiger partial charge in [0.1, 0.15) is 12.4 Å². The summed E-state index contributed by atoms with van der Waals surface area (Å²) < 4.78 is 5.64. The summed E-state index contributed by atoms with van der Waals surface area (Å²) in [5.74, 6) is 0.791. The summed E-state index contributed by atoms with van der Waals surface area (Å²) in [4.78, 5) is 0. The van der Waals surface area contributed by atoms with Crippen molar-refractivity contribution in [2.75, 3.05) is 5.73 Å². The minimum absolute atomic E-state index is 0.426. The van der Waals surface area contributed by atoms with E-state index in [-0.39, 0.29) is 0 Å². The molecule has 3 nitrogen and oxygen atoms in total. The summed E-state index contributed by atoms with van der Waals surface area (Å²) in [6, 6.07) is 17.3. The summed E-state index contributed by atoms with van der Waals surface area (Å²) in [5, 5.41) is 8.57. The van der Waals surface area contributed by atoms with E-state index in [2.05, 4.69) is 6.07 Å². The summed E-state index contributed by atoms with van der Waals surface area (Å²) >= 11 is 0. The summed E-state index contributed by atoms with van der Waals surface area (Å²) in [6.45, 7) is 0.489. The van der Waals surface area contributed by atoms with Crippen LogP contribution in [0.15, 0.2) is 48.5 Å². The fourth-order valence-electron chi connectivity index (χ4n) is 1.64. The Hall–Kier alpha value is -2.47. The first-order valence-corrected chi connectivity index (χ1v) is 5.71. The average molecular weight is 238 g/mol. The molecule has 3 heteroatoms. The van der Waals surface area contributed by atoms with Crippen molar-refractivity contribution in [1.29, 1.82) is 5.26 Å². The third-order valence-electron chi connectivity index (χ3n) is 2.56. The molecule has 0 atom stereocenters. The number of nitrogen functional groups attached to an aromatic ring is 1. The van der Waals surface area contributed by atoms with Gasteiger partial charge in [-0.15, -0.1) is 0 Å². The van der Waals surface area contributed by atoms with Crippen molar-refractivity contribution in [1.82, 2.24) is 0 Å². The van der Waals surface area contributed by atoms with Gasteiger partial charge in [-0.3, -0.25) is 0 Å². The van der Waals surface area contributed by atoms with Crippen LogP contribution in [0.1, 0.15) is 11.1 Å². The monoisotopic (exact) mass is 238 g/mol. The molecule has 0 saturated carbocycles. The van der Waals surface area contributed by atoms with Crippen LogP contribution < -0.4 is 10.5 Å². The van der Waals surface area contributed by atoms with Crippen molar-refractivity contribution in [2.24, 2.45) is 0 Å². The van der Waals surface area contributed by atoms with Crippen LogP contribution in [-0.4, -0.2) is 0 Å². The Morgan fingerprint density at radius 3 is 2.50 bits per heavy atom. The maximum absolute atomic E-state index is 8.57. The number of nitrogens with zero attached hydrogens (tertiary/aromatic N) is 1. The second-order valence-electron chi connectivity index (χ2n) is 4.01. The van der Waals surface area contributed by atoms with Gasteiger partial charge in [0, 0.05) is 5.69 Å². The molecule has 0 aliphatic carbocycles. The van der Waals surface area contributed by atoms with E-state index in [0.29, 0.717) is 13.0 Å². The van der Waals surface area contributed by atoms with E-state index in [0.717, 1.165) is 22.6 Å². The largest absolute Gasteiger partial charge is 0.489 e. The van der Waals surface area contributed by atoms with E-state index in [4.69, 9.17) is 15.7 Å². The molecule has 2 N–H and O–H groups in total. The summed E-state index contributed by atoms with van der Waals surface area (Å²) in [6.07, 6.45) is 0.426. The molecular weight excluding hydrogens is 224 g/mol. The quantitative estimate of drug-likeness (QED) is 0.833. The van der Waals surface area contributed by atoms with Gasteiger partial charge in [-0.25, -0.2) is 0 Å². The molecule has 0 unspecified atom stereocenters. The molecule has 18 heavy (non-hydrogen) atoms. The van der Waals surface area contributed by atoms with E-state index < -0.39 is 0 Å². The van der Waals surface area contributed by atoms with Gasteiger partial charge in [-0.1, -0.05) is 24.3 Å². The van der Waals surface area contributed by atoms with E-state index in [1.54, 1.807) is 0 Å². The van der Waals surface area contributed by atoms with Crippen molar-refractivity contribution < 1.29 is 4.74 Å².